The Morgan fingerprint density at radius 3 is 2.93 bits per heavy atom. The second-order valence-electron chi connectivity index (χ2n) is 6.81. The van der Waals surface area contributed by atoms with Crippen LogP contribution in [-0.2, 0) is 17.8 Å². The maximum Gasteiger partial charge on any atom is 0.297 e. The minimum Gasteiger partial charge on any atom is -0.448 e. The van der Waals surface area contributed by atoms with Gasteiger partial charge in [-0.15, -0.1) is 0 Å². The van der Waals surface area contributed by atoms with Crippen LogP contribution in [0.15, 0.2) is 64.1 Å². The molecule has 0 bridgehead atoms. The van der Waals surface area contributed by atoms with E-state index in [4.69, 9.17) is 4.42 Å². The number of benzene rings is 2. The van der Waals surface area contributed by atoms with Gasteiger partial charge in [-0.05, 0) is 36.1 Å². The van der Waals surface area contributed by atoms with Crippen LogP contribution in [0.4, 0.5) is 0 Å². The maximum absolute atomic E-state index is 12.7. The average Bonchev–Trinajstić information content (AvgIpc) is 3.26. The van der Waals surface area contributed by atoms with Gasteiger partial charge >= 0.3 is 0 Å². The molecule has 0 saturated carbocycles. The number of para-hydroxylation sites is 1. The number of fused-ring (bicyclic) bond motifs is 4. The summed E-state index contributed by atoms with van der Waals surface area (Å²) >= 11 is 0. The molecule has 2 heterocycles. The topological polar surface area (TPSA) is 77.1 Å². The zero-order valence-corrected chi connectivity index (χ0v) is 14.5. The van der Waals surface area contributed by atoms with Gasteiger partial charge in [0, 0.05) is 5.39 Å². The summed E-state index contributed by atoms with van der Waals surface area (Å²) in [6, 6.07) is 15.5. The number of rotatable bonds is 3. The molecular formula is C21H17N3O3. The zero-order valence-electron chi connectivity index (χ0n) is 14.5. The first-order valence-corrected chi connectivity index (χ1v) is 8.94. The van der Waals surface area contributed by atoms with Crippen LogP contribution in [0.1, 0.15) is 23.6 Å². The number of amides is 1. The lowest BCUT2D eigenvalue weighted by Crippen LogP contribution is -2.34. The quantitative estimate of drug-likeness (QED) is 0.610. The molecule has 1 aliphatic carbocycles. The fourth-order valence-electron chi connectivity index (χ4n) is 3.83. The van der Waals surface area contributed by atoms with Crippen molar-refractivity contribution in [3.63, 3.8) is 0 Å². The summed E-state index contributed by atoms with van der Waals surface area (Å²) in [4.78, 5) is 29.6. The van der Waals surface area contributed by atoms with Gasteiger partial charge in [-0.1, -0.05) is 36.4 Å². The molecule has 0 radical (unpaired) electrons. The van der Waals surface area contributed by atoms with Crippen molar-refractivity contribution in [3.8, 4) is 0 Å². The Bertz CT molecular complexity index is 1240. The first-order chi connectivity index (χ1) is 13.2. The Morgan fingerprint density at radius 2 is 2.00 bits per heavy atom. The van der Waals surface area contributed by atoms with Crippen molar-refractivity contribution in [3.05, 3.63) is 76.3 Å². The molecule has 4 aromatic rings. The molecule has 1 unspecified atom stereocenters. The van der Waals surface area contributed by atoms with Crippen molar-refractivity contribution < 1.29 is 9.21 Å². The van der Waals surface area contributed by atoms with E-state index in [-0.39, 0.29) is 29.6 Å². The standard InChI is InChI=1S/C21H17N3O3/c25-18(23-16-10-9-13-5-1-2-6-14(13)16)11-24-12-22-19-15-7-3-4-8-17(15)27-20(19)21(24)26/h1-8,12,16H,9-11H2,(H,23,25). The average molecular weight is 359 g/mol. The molecule has 1 atom stereocenters. The van der Waals surface area contributed by atoms with E-state index in [9.17, 15) is 9.59 Å². The van der Waals surface area contributed by atoms with E-state index < -0.39 is 0 Å². The molecule has 0 saturated heterocycles. The number of aromatic nitrogens is 2. The van der Waals surface area contributed by atoms with E-state index in [1.807, 2.05) is 36.4 Å². The Kier molecular flexibility index (Phi) is 3.57. The van der Waals surface area contributed by atoms with Gasteiger partial charge in [0.1, 0.15) is 17.6 Å². The fourth-order valence-corrected chi connectivity index (χ4v) is 3.83. The van der Waals surface area contributed by atoms with Crippen molar-refractivity contribution in [1.82, 2.24) is 14.9 Å². The Labute approximate surface area is 154 Å². The zero-order chi connectivity index (χ0) is 18.4. The van der Waals surface area contributed by atoms with E-state index in [2.05, 4.69) is 16.4 Å². The number of carbonyl (C=O) groups excluding carboxylic acids is 1. The van der Waals surface area contributed by atoms with Crippen LogP contribution in [0.3, 0.4) is 0 Å². The van der Waals surface area contributed by atoms with Crippen LogP contribution in [0.2, 0.25) is 0 Å². The second kappa shape index (κ2) is 6.09. The monoisotopic (exact) mass is 359 g/mol. The summed E-state index contributed by atoms with van der Waals surface area (Å²) in [6.45, 7) is -0.0858. The highest BCUT2D eigenvalue weighted by Crippen LogP contribution is 2.30. The largest absolute Gasteiger partial charge is 0.448 e. The van der Waals surface area contributed by atoms with Crippen LogP contribution in [0.25, 0.3) is 22.1 Å². The van der Waals surface area contributed by atoms with Gasteiger partial charge in [-0.25, -0.2) is 4.98 Å². The lowest BCUT2D eigenvalue weighted by atomic mass is 10.1. The van der Waals surface area contributed by atoms with Crippen molar-refractivity contribution >= 4 is 28.0 Å². The van der Waals surface area contributed by atoms with Crippen LogP contribution in [0, 0.1) is 0 Å². The molecule has 0 aliphatic heterocycles. The predicted molar refractivity (Wildman–Crippen MR) is 101 cm³/mol. The number of carbonyl (C=O) groups is 1. The Hall–Kier alpha value is -3.41. The Morgan fingerprint density at radius 1 is 1.19 bits per heavy atom. The lowest BCUT2D eigenvalue weighted by molar-refractivity contribution is -0.122. The van der Waals surface area contributed by atoms with E-state index in [1.54, 1.807) is 6.07 Å². The molecule has 2 aromatic heterocycles. The molecule has 1 N–H and O–H groups in total. The molecule has 27 heavy (non-hydrogen) atoms. The summed E-state index contributed by atoms with van der Waals surface area (Å²) in [5.41, 5.74) is 3.39. The first-order valence-electron chi connectivity index (χ1n) is 8.94. The molecule has 134 valence electrons. The predicted octanol–water partition coefficient (Wildman–Crippen LogP) is 2.95. The smallest absolute Gasteiger partial charge is 0.297 e. The van der Waals surface area contributed by atoms with Crippen molar-refractivity contribution in [2.45, 2.75) is 25.4 Å². The van der Waals surface area contributed by atoms with Gasteiger partial charge in [-0.2, -0.15) is 0 Å². The summed E-state index contributed by atoms with van der Waals surface area (Å²) < 4.78 is 6.95. The van der Waals surface area contributed by atoms with Gasteiger partial charge in [0.2, 0.25) is 11.5 Å². The minimum atomic E-state index is -0.349. The van der Waals surface area contributed by atoms with Gasteiger partial charge in [-0.3, -0.25) is 14.2 Å². The highest BCUT2D eigenvalue weighted by molar-refractivity contribution is 6.01. The molecule has 1 aliphatic rings. The summed E-state index contributed by atoms with van der Waals surface area (Å²) in [6.07, 6.45) is 3.24. The molecule has 0 fully saturated rings. The van der Waals surface area contributed by atoms with Crippen molar-refractivity contribution in [1.29, 1.82) is 0 Å². The Balaban J connectivity index is 1.41. The molecule has 2 aromatic carbocycles. The molecule has 6 heteroatoms. The van der Waals surface area contributed by atoms with Gasteiger partial charge in [0.15, 0.2) is 0 Å². The number of nitrogens with one attached hydrogen (secondary N) is 1. The van der Waals surface area contributed by atoms with Gasteiger partial charge < -0.3 is 9.73 Å². The lowest BCUT2D eigenvalue weighted by Gasteiger charge is -2.14. The summed E-state index contributed by atoms with van der Waals surface area (Å²) in [5.74, 6) is -0.212. The van der Waals surface area contributed by atoms with Crippen LogP contribution in [-0.4, -0.2) is 15.5 Å². The first kappa shape index (κ1) is 15.8. The number of hydrogen-bond donors (Lipinski definition) is 1. The van der Waals surface area contributed by atoms with E-state index in [0.717, 1.165) is 23.8 Å². The summed E-state index contributed by atoms with van der Waals surface area (Å²) in [5, 5.41) is 3.82. The highest BCUT2D eigenvalue weighted by atomic mass is 16.3. The normalized spacial score (nSPS) is 15.9. The third-order valence-electron chi connectivity index (χ3n) is 5.13. The van der Waals surface area contributed by atoms with Gasteiger partial charge in [0.25, 0.3) is 5.56 Å². The number of nitrogens with zero attached hydrogens (tertiary/aromatic N) is 2. The molecule has 1 amide bonds. The third kappa shape index (κ3) is 2.61. The molecular weight excluding hydrogens is 342 g/mol. The van der Waals surface area contributed by atoms with E-state index >= 15 is 0 Å². The van der Waals surface area contributed by atoms with Crippen LogP contribution in [0.5, 0.6) is 0 Å². The van der Waals surface area contributed by atoms with Crippen molar-refractivity contribution in [2.75, 3.05) is 0 Å². The van der Waals surface area contributed by atoms with Crippen LogP contribution < -0.4 is 10.9 Å². The number of furan rings is 1. The number of aryl methyl sites for hydroxylation is 1. The fraction of sp³-hybridized carbons (Fsp3) is 0.190. The third-order valence-corrected chi connectivity index (χ3v) is 5.13. The minimum absolute atomic E-state index is 0.00714. The SMILES string of the molecule is O=C(Cn1cnc2c(oc3ccccc32)c1=O)NC1CCc2ccccc21. The van der Waals surface area contributed by atoms with E-state index in [1.165, 1.54) is 16.5 Å². The van der Waals surface area contributed by atoms with Gasteiger partial charge in [0.05, 0.1) is 12.4 Å². The van der Waals surface area contributed by atoms with Crippen LogP contribution >= 0.6 is 0 Å². The number of hydrogen-bond acceptors (Lipinski definition) is 4. The maximum atomic E-state index is 12.7. The van der Waals surface area contributed by atoms with E-state index in [0.29, 0.717) is 11.1 Å². The molecule has 6 nitrogen and oxygen atoms in total. The summed E-state index contributed by atoms with van der Waals surface area (Å²) in [7, 11) is 0. The molecule has 0 spiro atoms. The highest BCUT2D eigenvalue weighted by Gasteiger charge is 2.23. The molecule has 5 rings (SSSR count). The van der Waals surface area contributed by atoms with Crippen molar-refractivity contribution in [2.24, 2.45) is 0 Å². The second-order valence-corrected chi connectivity index (χ2v) is 6.81.